The maximum Gasteiger partial charge on any atom is 0.266 e. The minimum absolute atomic E-state index is 0.243. The lowest BCUT2D eigenvalue weighted by atomic mass is 10.1. The van der Waals surface area contributed by atoms with E-state index in [9.17, 15) is 14.4 Å². The first-order valence-electron chi connectivity index (χ1n) is 8.31. The summed E-state index contributed by atoms with van der Waals surface area (Å²) in [5.41, 5.74) is 3.50. The number of amides is 3. The molecule has 0 spiro atoms. The summed E-state index contributed by atoms with van der Waals surface area (Å²) in [6.07, 6.45) is 0. The van der Waals surface area contributed by atoms with Crippen molar-refractivity contribution in [1.29, 1.82) is 0 Å². The average molecular weight is 352 g/mol. The number of nitrogens with zero attached hydrogens (tertiary/aromatic N) is 1. The second-order valence-corrected chi connectivity index (χ2v) is 6.22. The lowest BCUT2D eigenvalue weighted by Crippen LogP contribution is -2.29. The second-order valence-electron chi connectivity index (χ2n) is 6.22. The minimum Gasteiger partial charge on any atom is -0.383 e. The zero-order chi connectivity index (χ0) is 18.8. The van der Waals surface area contributed by atoms with E-state index in [-0.39, 0.29) is 17.4 Å². The molecular formula is C20H20N2O4. The van der Waals surface area contributed by atoms with Crippen LogP contribution in [0.25, 0.3) is 0 Å². The first-order valence-corrected chi connectivity index (χ1v) is 8.31. The highest BCUT2D eigenvalue weighted by Gasteiger charge is 2.37. The van der Waals surface area contributed by atoms with Crippen molar-refractivity contribution < 1.29 is 19.1 Å². The number of nitrogens with one attached hydrogen (secondary N) is 1. The summed E-state index contributed by atoms with van der Waals surface area (Å²) in [6.45, 7) is 4.66. The molecule has 134 valence electrons. The molecule has 0 saturated carbocycles. The number of rotatable bonds is 5. The fourth-order valence-electron chi connectivity index (χ4n) is 2.85. The van der Waals surface area contributed by atoms with Crippen molar-refractivity contribution in [3.05, 3.63) is 64.2 Å². The number of fused-ring (bicyclic) bond motifs is 1. The fraction of sp³-hybridized carbons (Fsp3) is 0.250. The van der Waals surface area contributed by atoms with E-state index in [4.69, 9.17) is 4.74 Å². The van der Waals surface area contributed by atoms with Crippen LogP contribution < -0.4 is 10.2 Å². The molecule has 1 aliphatic rings. The molecule has 0 fully saturated rings. The number of imide groups is 1. The molecule has 0 saturated heterocycles. The molecule has 0 bridgehead atoms. The van der Waals surface area contributed by atoms with Crippen molar-refractivity contribution in [2.45, 2.75) is 13.8 Å². The van der Waals surface area contributed by atoms with Gasteiger partial charge in [-0.2, -0.15) is 0 Å². The van der Waals surface area contributed by atoms with Gasteiger partial charge in [0, 0.05) is 19.2 Å². The third kappa shape index (κ3) is 3.11. The molecule has 1 heterocycles. The van der Waals surface area contributed by atoms with Gasteiger partial charge in [0.25, 0.3) is 17.7 Å². The van der Waals surface area contributed by atoms with Crippen LogP contribution in [-0.4, -0.2) is 38.0 Å². The van der Waals surface area contributed by atoms with Crippen LogP contribution in [-0.2, 0) is 4.74 Å². The quantitative estimate of drug-likeness (QED) is 0.663. The van der Waals surface area contributed by atoms with E-state index in [0.717, 1.165) is 16.0 Å². The van der Waals surface area contributed by atoms with Gasteiger partial charge in [0.2, 0.25) is 0 Å². The van der Waals surface area contributed by atoms with Gasteiger partial charge in [-0.1, -0.05) is 6.07 Å². The third-order valence-corrected chi connectivity index (χ3v) is 4.49. The van der Waals surface area contributed by atoms with E-state index < -0.39 is 5.91 Å². The first-order chi connectivity index (χ1) is 12.4. The highest BCUT2D eigenvalue weighted by Crippen LogP contribution is 2.30. The van der Waals surface area contributed by atoms with Gasteiger partial charge in [-0.25, -0.2) is 4.90 Å². The Balaban J connectivity index is 1.90. The molecule has 0 radical (unpaired) electrons. The van der Waals surface area contributed by atoms with Crippen LogP contribution in [0.5, 0.6) is 0 Å². The number of hydrogen-bond acceptors (Lipinski definition) is 4. The summed E-state index contributed by atoms with van der Waals surface area (Å²) >= 11 is 0. The van der Waals surface area contributed by atoms with E-state index in [1.807, 2.05) is 26.0 Å². The van der Waals surface area contributed by atoms with Gasteiger partial charge in [-0.3, -0.25) is 14.4 Å². The molecule has 2 aromatic carbocycles. The molecule has 1 N–H and O–H groups in total. The van der Waals surface area contributed by atoms with Crippen molar-refractivity contribution in [1.82, 2.24) is 5.32 Å². The second kappa shape index (κ2) is 7.09. The predicted molar refractivity (Wildman–Crippen MR) is 97.7 cm³/mol. The average Bonchev–Trinajstić information content (AvgIpc) is 2.88. The normalized spacial score (nSPS) is 13.1. The van der Waals surface area contributed by atoms with Gasteiger partial charge in [-0.05, 0) is 55.3 Å². The molecule has 3 amide bonds. The molecule has 3 rings (SSSR count). The van der Waals surface area contributed by atoms with Gasteiger partial charge in [0.15, 0.2) is 0 Å². The number of hydrogen-bond donors (Lipinski definition) is 1. The van der Waals surface area contributed by atoms with Crippen molar-refractivity contribution in [2.75, 3.05) is 25.2 Å². The molecule has 6 nitrogen and oxygen atoms in total. The number of methoxy groups -OCH3 is 1. The SMILES string of the molecule is COCCNC(=O)c1ccc2c(c1)C(=O)N(c1ccc(C)c(C)c1)C2=O. The number of carbonyl (C=O) groups excluding carboxylic acids is 3. The van der Waals surface area contributed by atoms with E-state index in [1.165, 1.54) is 12.1 Å². The highest BCUT2D eigenvalue weighted by atomic mass is 16.5. The van der Waals surface area contributed by atoms with Crippen molar-refractivity contribution in [3.63, 3.8) is 0 Å². The summed E-state index contributed by atoms with van der Waals surface area (Å²) in [4.78, 5) is 38.8. The Morgan fingerprint density at radius 1 is 1.00 bits per heavy atom. The van der Waals surface area contributed by atoms with Crippen LogP contribution in [0.3, 0.4) is 0 Å². The molecule has 1 aliphatic heterocycles. The molecule has 6 heteroatoms. The Morgan fingerprint density at radius 2 is 1.73 bits per heavy atom. The standard InChI is InChI=1S/C20H20N2O4/c1-12-4-6-15(10-13(12)2)22-19(24)16-7-5-14(11-17(16)20(22)25)18(23)21-8-9-26-3/h4-7,10-11H,8-9H2,1-3H3,(H,21,23). The molecule has 0 aromatic heterocycles. The monoisotopic (exact) mass is 352 g/mol. The molecule has 0 atom stereocenters. The van der Waals surface area contributed by atoms with E-state index in [2.05, 4.69) is 5.32 Å². The van der Waals surface area contributed by atoms with Crippen molar-refractivity contribution in [2.24, 2.45) is 0 Å². The lowest BCUT2D eigenvalue weighted by molar-refractivity contribution is 0.0921. The number of benzene rings is 2. The predicted octanol–water partition coefficient (Wildman–Crippen LogP) is 2.48. The van der Waals surface area contributed by atoms with Crippen molar-refractivity contribution >= 4 is 23.4 Å². The van der Waals surface area contributed by atoms with E-state index in [1.54, 1.807) is 19.2 Å². The van der Waals surface area contributed by atoms with Crippen LogP contribution in [0.2, 0.25) is 0 Å². The summed E-state index contributed by atoms with van der Waals surface area (Å²) in [6, 6.07) is 10.00. The van der Waals surface area contributed by atoms with Gasteiger partial charge >= 0.3 is 0 Å². The Kier molecular flexibility index (Phi) is 4.86. The summed E-state index contributed by atoms with van der Waals surface area (Å²) < 4.78 is 4.89. The summed E-state index contributed by atoms with van der Waals surface area (Å²) in [5, 5.41) is 2.70. The minimum atomic E-state index is -0.417. The molecular weight excluding hydrogens is 332 g/mol. The van der Waals surface area contributed by atoms with Crippen LogP contribution in [0.15, 0.2) is 36.4 Å². The first kappa shape index (κ1) is 17.8. The van der Waals surface area contributed by atoms with Crippen LogP contribution in [0, 0.1) is 13.8 Å². The Morgan fingerprint density at radius 3 is 2.42 bits per heavy atom. The molecule has 2 aromatic rings. The Hall–Kier alpha value is -2.99. The van der Waals surface area contributed by atoms with Gasteiger partial charge in [0.05, 0.1) is 23.4 Å². The summed E-state index contributed by atoms with van der Waals surface area (Å²) in [7, 11) is 1.55. The number of aryl methyl sites for hydroxylation is 2. The van der Waals surface area contributed by atoms with Gasteiger partial charge < -0.3 is 10.1 Å². The number of anilines is 1. The summed E-state index contributed by atoms with van der Waals surface area (Å²) in [5.74, 6) is -1.10. The number of carbonyl (C=O) groups is 3. The smallest absolute Gasteiger partial charge is 0.266 e. The number of ether oxygens (including phenoxy) is 1. The van der Waals surface area contributed by atoms with Crippen LogP contribution >= 0.6 is 0 Å². The molecule has 0 unspecified atom stereocenters. The Labute approximate surface area is 151 Å². The van der Waals surface area contributed by atoms with Crippen LogP contribution in [0.1, 0.15) is 42.2 Å². The fourth-order valence-corrected chi connectivity index (χ4v) is 2.85. The lowest BCUT2D eigenvalue weighted by Gasteiger charge is -2.15. The topological polar surface area (TPSA) is 75.7 Å². The molecule has 26 heavy (non-hydrogen) atoms. The van der Waals surface area contributed by atoms with Crippen molar-refractivity contribution in [3.8, 4) is 0 Å². The zero-order valence-electron chi connectivity index (χ0n) is 15.0. The highest BCUT2D eigenvalue weighted by molar-refractivity contribution is 6.34. The maximum atomic E-state index is 12.8. The van der Waals surface area contributed by atoms with E-state index in [0.29, 0.717) is 30.0 Å². The Bertz CT molecular complexity index is 905. The molecule has 0 aliphatic carbocycles. The maximum absolute atomic E-state index is 12.8. The van der Waals surface area contributed by atoms with Gasteiger partial charge in [0.1, 0.15) is 0 Å². The van der Waals surface area contributed by atoms with Gasteiger partial charge in [-0.15, -0.1) is 0 Å². The zero-order valence-corrected chi connectivity index (χ0v) is 15.0. The van der Waals surface area contributed by atoms with E-state index >= 15 is 0 Å². The van der Waals surface area contributed by atoms with Crippen LogP contribution in [0.4, 0.5) is 5.69 Å². The third-order valence-electron chi connectivity index (χ3n) is 4.49. The largest absolute Gasteiger partial charge is 0.383 e.